The van der Waals surface area contributed by atoms with Gasteiger partial charge in [-0.05, 0) is 43.3 Å². The molecule has 0 spiro atoms. The first-order valence-electron chi connectivity index (χ1n) is 10.5. The van der Waals surface area contributed by atoms with E-state index in [1.54, 1.807) is 48.5 Å². The van der Waals surface area contributed by atoms with Crippen molar-refractivity contribution in [1.82, 2.24) is 5.43 Å². The van der Waals surface area contributed by atoms with E-state index in [2.05, 4.69) is 26.6 Å². The van der Waals surface area contributed by atoms with Crippen molar-refractivity contribution in [3.8, 4) is 0 Å². The number of hydrazone groups is 1. The van der Waals surface area contributed by atoms with Crippen LogP contribution >= 0.6 is 0 Å². The number of anilines is 2. The summed E-state index contributed by atoms with van der Waals surface area (Å²) >= 11 is 0. The maximum absolute atomic E-state index is 12.7. The number of carbonyl (C=O) groups is 4. The first-order chi connectivity index (χ1) is 16.9. The molecule has 9 heteroatoms. The SMILES string of the molecule is Cc1ccc(NC(=O)c2ccccc2NC(=O)C(=O)NN=C=C2C=c3ccccc3=NC2=O)cc1. The number of aryl methyl sites for hydroxylation is 1. The second kappa shape index (κ2) is 10.2. The molecule has 0 radical (unpaired) electrons. The Morgan fingerprint density at radius 1 is 0.857 bits per heavy atom. The number of fused-ring (bicyclic) bond motifs is 1. The Morgan fingerprint density at radius 3 is 2.37 bits per heavy atom. The van der Waals surface area contributed by atoms with E-state index in [9.17, 15) is 19.2 Å². The van der Waals surface area contributed by atoms with Gasteiger partial charge in [-0.15, -0.1) is 5.10 Å². The third-order valence-electron chi connectivity index (χ3n) is 4.96. The normalized spacial score (nSPS) is 11.7. The zero-order valence-corrected chi connectivity index (χ0v) is 18.5. The Hall–Kier alpha value is -5.14. The van der Waals surface area contributed by atoms with Gasteiger partial charge < -0.3 is 10.6 Å². The number of amides is 4. The van der Waals surface area contributed by atoms with E-state index in [0.717, 1.165) is 5.56 Å². The van der Waals surface area contributed by atoms with Crippen LogP contribution in [0.3, 0.4) is 0 Å². The van der Waals surface area contributed by atoms with Gasteiger partial charge in [0.25, 0.3) is 11.8 Å². The topological polar surface area (TPSA) is 129 Å². The lowest BCUT2D eigenvalue weighted by Gasteiger charge is -2.11. The molecule has 1 aliphatic heterocycles. The van der Waals surface area contributed by atoms with Crippen LogP contribution in [0.5, 0.6) is 0 Å². The fraction of sp³-hybridized carbons (Fsp3) is 0.0385. The Balaban J connectivity index is 1.44. The molecular formula is C26H19N5O4. The van der Waals surface area contributed by atoms with Crippen molar-refractivity contribution in [1.29, 1.82) is 0 Å². The van der Waals surface area contributed by atoms with Crippen LogP contribution in [-0.2, 0) is 14.4 Å². The zero-order chi connectivity index (χ0) is 24.8. The van der Waals surface area contributed by atoms with Gasteiger partial charge in [-0.3, -0.25) is 19.2 Å². The average Bonchev–Trinajstić information content (AvgIpc) is 2.86. The van der Waals surface area contributed by atoms with Gasteiger partial charge in [-0.25, -0.2) is 10.4 Å². The minimum atomic E-state index is -1.10. The number of hydrogen-bond acceptors (Lipinski definition) is 5. The molecule has 9 nitrogen and oxygen atoms in total. The van der Waals surface area contributed by atoms with Crippen molar-refractivity contribution in [3.63, 3.8) is 0 Å². The number of rotatable bonds is 4. The lowest BCUT2D eigenvalue weighted by atomic mass is 10.1. The molecule has 0 atom stereocenters. The van der Waals surface area contributed by atoms with E-state index in [1.165, 1.54) is 18.2 Å². The first-order valence-corrected chi connectivity index (χ1v) is 10.5. The highest BCUT2D eigenvalue weighted by atomic mass is 16.2. The summed E-state index contributed by atoms with van der Waals surface area (Å²) in [7, 11) is 0. The van der Waals surface area contributed by atoms with Crippen LogP contribution < -0.4 is 26.6 Å². The van der Waals surface area contributed by atoms with E-state index < -0.39 is 23.6 Å². The van der Waals surface area contributed by atoms with Crippen LogP contribution in [0.4, 0.5) is 11.4 Å². The Labute approximate surface area is 199 Å². The Bertz CT molecular complexity index is 1530. The van der Waals surface area contributed by atoms with E-state index in [0.29, 0.717) is 16.3 Å². The highest BCUT2D eigenvalue weighted by molar-refractivity contribution is 6.40. The van der Waals surface area contributed by atoms with Gasteiger partial charge >= 0.3 is 11.8 Å². The van der Waals surface area contributed by atoms with E-state index in [4.69, 9.17) is 0 Å². The lowest BCUT2D eigenvalue weighted by Crippen LogP contribution is -2.33. The molecule has 1 heterocycles. The summed E-state index contributed by atoms with van der Waals surface area (Å²) in [4.78, 5) is 53.2. The molecule has 3 aromatic carbocycles. The highest BCUT2D eigenvalue weighted by Crippen LogP contribution is 2.18. The highest BCUT2D eigenvalue weighted by Gasteiger charge is 2.18. The summed E-state index contributed by atoms with van der Waals surface area (Å²) in [5.74, 6) is -0.791. The molecule has 0 unspecified atom stereocenters. The molecular weight excluding hydrogens is 446 g/mol. The summed E-state index contributed by atoms with van der Waals surface area (Å²) in [5, 5.41) is 9.93. The molecule has 0 aromatic heterocycles. The molecule has 0 bridgehead atoms. The van der Waals surface area contributed by atoms with E-state index in [1.807, 2.05) is 24.5 Å². The van der Waals surface area contributed by atoms with E-state index >= 15 is 0 Å². The standard InChI is InChI=1S/C26H19N5O4/c1-16-10-12-19(13-11-16)28-24(33)20-7-3-5-9-22(20)30-25(34)26(35)31-27-15-18-14-17-6-2-4-8-21(17)29-23(18)32/h2-14H,1H3,(H,28,33)(H,30,34)(H,31,35). The zero-order valence-electron chi connectivity index (χ0n) is 18.5. The predicted octanol–water partition coefficient (Wildman–Crippen LogP) is 1.45. The molecule has 3 aromatic rings. The van der Waals surface area contributed by atoms with Crippen molar-refractivity contribution in [3.05, 3.63) is 100 Å². The molecule has 1 aliphatic rings. The number of carbonyl (C=O) groups excluding carboxylic acids is 4. The quantitative estimate of drug-likeness (QED) is 0.233. The Kier molecular flexibility index (Phi) is 6.71. The fourth-order valence-corrected chi connectivity index (χ4v) is 3.17. The number of benzene rings is 3. The summed E-state index contributed by atoms with van der Waals surface area (Å²) < 4.78 is 0. The second-order valence-corrected chi connectivity index (χ2v) is 7.52. The van der Waals surface area contributed by atoms with Crippen molar-refractivity contribution in [2.24, 2.45) is 10.1 Å². The molecule has 3 N–H and O–H groups in total. The van der Waals surface area contributed by atoms with Gasteiger partial charge in [-0.2, -0.15) is 0 Å². The van der Waals surface area contributed by atoms with Gasteiger partial charge in [0.2, 0.25) is 0 Å². The minimum absolute atomic E-state index is 0.0301. The number of nitrogens with zero attached hydrogens (tertiary/aromatic N) is 2. The van der Waals surface area contributed by atoms with Crippen molar-refractivity contribution in [2.45, 2.75) is 6.92 Å². The largest absolute Gasteiger partial charge is 0.330 e. The summed E-state index contributed by atoms with van der Waals surface area (Å²) in [5.41, 5.74) is 3.99. The number of nitrogens with one attached hydrogen (secondary N) is 3. The van der Waals surface area contributed by atoms with Crippen LogP contribution in [-0.4, -0.2) is 29.5 Å². The third kappa shape index (κ3) is 5.62. The molecule has 0 fully saturated rings. The predicted molar refractivity (Wildman–Crippen MR) is 130 cm³/mol. The first kappa shape index (κ1) is 23.0. The summed E-state index contributed by atoms with van der Waals surface area (Å²) in [6.45, 7) is 1.93. The van der Waals surface area contributed by atoms with Gasteiger partial charge in [0.05, 0.1) is 16.6 Å². The van der Waals surface area contributed by atoms with Crippen molar-refractivity contribution in [2.75, 3.05) is 10.6 Å². The fourth-order valence-electron chi connectivity index (χ4n) is 3.17. The molecule has 172 valence electrons. The van der Waals surface area contributed by atoms with Gasteiger partial charge in [0.1, 0.15) is 5.57 Å². The summed E-state index contributed by atoms with van der Waals surface area (Å²) in [6.07, 6.45) is 1.53. The van der Waals surface area contributed by atoms with Crippen molar-refractivity contribution >= 4 is 46.9 Å². The molecule has 0 aliphatic carbocycles. The molecule has 4 rings (SSSR count). The lowest BCUT2D eigenvalue weighted by molar-refractivity contribution is -0.136. The summed E-state index contributed by atoms with van der Waals surface area (Å²) in [6, 6.07) is 20.5. The monoisotopic (exact) mass is 465 g/mol. The minimum Gasteiger partial charge on any atom is -0.322 e. The second-order valence-electron chi connectivity index (χ2n) is 7.52. The molecule has 4 amide bonds. The smallest absolute Gasteiger partial charge is 0.322 e. The van der Waals surface area contributed by atoms with Crippen LogP contribution in [0.1, 0.15) is 15.9 Å². The number of para-hydroxylation sites is 2. The maximum atomic E-state index is 12.7. The maximum Gasteiger partial charge on any atom is 0.330 e. The molecule has 0 saturated carbocycles. The third-order valence-corrected chi connectivity index (χ3v) is 4.96. The van der Waals surface area contributed by atoms with Gasteiger partial charge in [-0.1, -0.05) is 48.0 Å². The molecule has 0 saturated heterocycles. The van der Waals surface area contributed by atoms with Crippen LogP contribution in [0.25, 0.3) is 6.08 Å². The van der Waals surface area contributed by atoms with Gasteiger partial charge in [0.15, 0.2) is 0 Å². The van der Waals surface area contributed by atoms with Crippen LogP contribution in [0, 0.1) is 6.92 Å². The van der Waals surface area contributed by atoms with Crippen molar-refractivity contribution < 1.29 is 19.2 Å². The average molecular weight is 465 g/mol. The van der Waals surface area contributed by atoms with E-state index in [-0.39, 0.29) is 16.8 Å². The molecule has 35 heavy (non-hydrogen) atoms. The Morgan fingerprint density at radius 2 is 1.57 bits per heavy atom. The van der Waals surface area contributed by atoms with Crippen LogP contribution in [0.2, 0.25) is 0 Å². The van der Waals surface area contributed by atoms with Crippen LogP contribution in [0.15, 0.2) is 88.5 Å². The number of hydrogen-bond donors (Lipinski definition) is 3. The van der Waals surface area contributed by atoms with Gasteiger partial charge in [0, 0.05) is 16.8 Å².